The monoisotopic (exact) mass is 407 g/mol. The molecule has 0 spiro atoms. The molecule has 0 fully saturated rings. The van der Waals surface area contributed by atoms with Gasteiger partial charge in [0, 0.05) is 18.2 Å². The zero-order valence-corrected chi connectivity index (χ0v) is 15.7. The molecule has 0 saturated heterocycles. The highest BCUT2D eigenvalue weighted by Gasteiger charge is 2.39. The SMILES string of the molecule is COCCOC(=O)C1=C(N)Oc2c(oc(CO)cc2=O)[C@H]1c1ccc(Cl)cc1. The summed E-state index contributed by atoms with van der Waals surface area (Å²) < 4.78 is 21.1. The van der Waals surface area contributed by atoms with E-state index in [2.05, 4.69) is 0 Å². The number of methoxy groups -OCH3 is 1. The summed E-state index contributed by atoms with van der Waals surface area (Å²) in [7, 11) is 1.48. The first-order valence-electron chi connectivity index (χ1n) is 8.33. The predicted octanol–water partition coefficient (Wildman–Crippen LogP) is 1.67. The third kappa shape index (κ3) is 3.89. The molecule has 28 heavy (non-hydrogen) atoms. The van der Waals surface area contributed by atoms with Crippen molar-refractivity contribution >= 4 is 17.6 Å². The second kappa shape index (κ2) is 8.47. The maximum atomic E-state index is 12.7. The van der Waals surface area contributed by atoms with E-state index in [4.69, 9.17) is 36.0 Å². The van der Waals surface area contributed by atoms with E-state index in [9.17, 15) is 14.7 Å². The van der Waals surface area contributed by atoms with Gasteiger partial charge >= 0.3 is 5.97 Å². The summed E-state index contributed by atoms with van der Waals surface area (Å²) in [6, 6.07) is 7.70. The fraction of sp³-hybridized carbons (Fsp3) is 0.263. The van der Waals surface area contributed by atoms with Gasteiger partial charge in [0.25, 0.3) is 0 Å². The molecular weight excluding hydrogens is 390 g/mol. The Balaban J connectivity index is 2.15. The van der Waals surface area contributed by atoms with Crippen LogP contribution < -0.4 is 15.9 Å². The maximum Gasteiger partial charge on any atom is 0.340 e. The summed E-state index contributed by atoms with van der Waals surface area (Å²) in [6.07, 6.45) is 0. The standard InChI is InChI=1S/C19H18ClNO7/c1-25-6-7-26-19(24)15-14(10-2-4-11(20)5-3-10)17-16(28-18(15)21)13(23)8-12(9-22)27-17/h2-5,8,14,22H,6-7,9,21H2,1H3/t14-/m0/s1. The van der Waals surface area contributed by atoms with Crippen molar-refractivity contribution in [2.45, 2.75) is 12.5 Å². The van der Waals surface area contributed by atoms with E-state index in [0.717, 1.165) is 6.07 Å². The van der Waals surface area contributed by atoms with E-state index in [1.165, 1.54) is 7.11 Å². The molecule has 8 nitrogen and oxygen atoms in total. The first kappa shape index (κ1) is 19.9. The summed E-state index contributed by atoms with van der Waals surface area (Å²) in [4.78, 5) is 25.1. The van der Waals surface area contributed by atoms with Crippen molar-refractivity contribution in [1.29, 1.82) is 0 Å². The van der Waals surface area contributed by atoms with Gasteiger partial charge in [-0.2, -0.15) is 0 Å². The van der Waals surface area contributed by atoms with E-state index in [1.807, 2.05) is 0 Å². The normalized spacial score (nSPS) is 15.8. The Labute approximate surface area is 165 Å². The van der Waals surface area contributed by atoms with Crippen molar-refractivity contribution < 1.29 is 28.5 Å². The van der Waals surface area contributed by atoms with E-state index in [1.54, 1.807) is 24.3 Å². The summed E-state index contributed by atoms with van der Waals surface area (Å²) in [5.41, 5.74) is 5.99. The van der Waals surface area contributed by atoms with Crippen LogP contribution in [-0.4, -0.2) is 31.4 Å². The minimum absolute atomic E-state index is 0.00688. The van der Waals surface area contributed by atoms with Crippen molar-refractivity contribution in [3.63, 3.8) is 0 Å². The van der Waals surface area contributed by atoms with Gasteiger partial charge in [-0.15, -0.1) is 0 Å². The third-order valence-electron chi connectivity index (χ3n) is 4.11. The molecule has 0 saturated carbocycles. The Morgan fingerprint density at radius 3 is 2.64 bits per heavy atom. The number of hydrogen-bond acceptors (Lipinski definition) is 8. The summed E-state index contributed by atoms with van der Waals surface area (Å²) in [5.74, 6) is -1.96. The summed E-state index contributed by atoms with van der Waals surface area (Å²) in [5, 5.41) is 9.88. The lowest BCUT2D eigenvalue weighted by molar-refractivity contribution is -0.140. The van der Waals surface area contributed by atoms with Crippen molar-refractivity contribution in [3.8, 4) is 5.75 Å². The average Bonchev–Trinajstić information content (AvgIpc) is 2.68. The highest BCUT2D eigenvalue weighted by Crippen LogP contribution is 2.41. The second-order valence-corrected chi connectivity index (χ2v) is 6.36. The lowest BCUT2D eigenvalue weighted by Crippen LogP contribution is -2.30. The van der Waals surface area contributed by atoms with Gasteiger partial charge in [-0.25, -0.2) is 4.79 Å². The van der Waals surface area contributed by atoms with E-state index >= 15 is 0 Å². The summed E-state index contributed by atoms with van der Waals surface area (Å²) in [6.45, 7) is -0.290. The highest BCUT2D eigenvalue weighted by molar-refractivity contribution is 6.30. The minimum atomic E-state index is -0.879. The molecule has 0 amide bonds. The van der Waals surface area contributed by atoms with Crippen molar-refractivity contribution in [3.05, 3.63) is 74.1 Å². The molecule has 0 bridgehead atoms. The lowest BCUT2D eigenvalue weighted by atomic mass is 9.86. The number of fused-ring (bicyclic) bond motifs is 1. The fourth-order valence-corrected chi connectivity index (χ4v) is 2.97. The van der Waals surface area contributed by atoms with Gasteiger partial charge in [0.1, 0.15) is 24.5 Å². The zero-order valence-electron chi connectivity index (χ0n) is 14.9. The van der Waals surface area contributed by atoms with Crippen LogP contribution in [0.3, 0.4) is 0 Å². The van der Waals surface area contributed by atoms with Crippen LogP contribution in [0.1, 0.15) is 23.0 Å². The van der Waals surface area contributed by atoms with Crippen molar-refractivity contribution in [2.24, 2.45) is 5.73 Å². The van der Waals surface area contributed by atoms with Gasteiger partial charge in [0.05, 0.1) is 12.5 Å². The van der Waals surface area contributed by atoms with Gasteiger partial charge in [-0.3, -0.25) is 4.79 Å². The summed E-state index contributed by atoms with van der Waals surface area (Å²) >= 11 is 5.96. The molecule has 0 radical (unpaired) electrons. The lowest BCUT2D eigenvalue weighted by Gasteiger charge is -2.27. The molecule has 2 aromatic rings. The fourth-order valence-electron chi connectivity index (χ4n) is 2.84. The van der Waals surface area contributed by atoms with Gasteiger partial charge in [0.2, 0.25) is 17.1 Å². The molecule has 0 unspecified atom stereocenters. The maximum absolute atomic E-state index is 12.7. The number of aliphatic hydroxyl groups excluding tert-OH is 1. The van der Waals surface area contributed by atoms with Crippen LogP contribution in [0.15, 0.2) is 51.0 Å². The Bertz CT molecular complexity index is 965. The zero-order chi connectivity index (χ0) is 20.3. The molecule has 1 aromatic heterocycles. The number of aliphatic hydroxyl groups is 1. The topological polar surface area (TPSA) is 121 Å². The minimum Gasteiger partial charge on any atom is -0.460 e. The van der Waals surface area contributed by atoms with E-state index in [0.29, 0.717) is 10.6 Å². The van der Waals surface area contributed by atoms with Gasteiger partial charge in [0.15, 0.2) is 5.76 Å². The number of benzene rings is 1. The van der Waals surface area contributed by atoms with Crippen LogP contribution in [0.2, 0.25) is 5.02 Å². The highest BCUT2D eigenvalue weighted by atomic mass is 35.5. The molecule has 0 aliphatic carbocycles. The van der Waals surface area contributed by atoms with Crippen LogP contribution in [0, 0.1) is 0 Å². The number of carbonyl (C=O) groups is 1. The van der Waals surface area contributed by atoms with Crippen LogP contribution in [0.25, 0.3) is 0 Å². The van der Waals surface area contributed by atoms with E-state index < -0.39 is 23.9 Å². The van der Waals surface area contributed by atoms with Crippen LogP contribution in [0.5, 0.6) is 5.75 Å². The first-order chi connectivity index (χ1) is 13.5. The number of carbonyl (C=O) groups excluding carboxylic acids is 1. The second-order valence-electron chi connectivity index (χ2n) is 5.92. The number of ether oxygens (including phenoxy) is 3. The molecule has 9 heteroatoms. The Morgan fingerprint density at radius 2 is 2.00 bits per heavy atom. The van der Waals surface area contributed by atoms with Gasteiger partial charge < -0.3 is 29.5 Å². The van der Waals surface area contributed by atoms with Crippen LogP contribution in [-0.2, 0) is 20.9 Å². The Hall–Kier alpha value is -2.81. The molecule has 1 atom stereocenters. The smallest absolute Gasteiger partial charge is 0.340 e. The first-order valence-corrected chi connectivity index (χ1v) is 8.70. The number of nitrogens with two attached hydrogens (primary N) is 1. The molecule has 3 N–H and O–H groups in total. The molecule has 2 heterocycles. The quantitative estimate of drug-likeness (QED) is 0.548. The molecular formula is C19H18ClNO7. The van der Waals surface area contributed by atoms with Gasteiger partial charge in [-0.05, 0) is 17.7 Å². The molecule has 3 rings (SSSR count). The van der Waals surface area contributed by atoms with Crippen LogP contribution >= 0.6 is 11.6 Å². The largest absolute Gasteiger partial charge is 0.460 e. The number of hydrogen-bond donors (Lipinski definition) is 2. The average molecular weight is 408 g/mol. The molecule has 1 aliphatic heterocycles. The Kier molecular flexibility index (Phi) is 6.03. The third-order valence-corrected chi connectivity index (χ3v) is 4.36. The molecule has 1 aliphatic rings. The van der Waals surface area contributed by atoms with Crippen molar-refractivity contribution in [2.75, 3.05) is 20.3 Å². The molecule has 1 aromatic carbocycles. The van der Waals surface area contributed by atoms with Crippen molar-refractivity contribution in [1.82, 2.24) is 0 Å². The van der Waals surface area contributed by atoms with Crippen LogP contribution in [0.4, 0.5) is 0 Å². The number of esters is 1. The van der Waals surface area contributed by atoms with Gasteiger partial charge in [-0.1, -0.05) is 23.7 Å². The Morgan fingerprint density at radius 1 is 1.29 bits per heavy atom. The number of rotatable bonds is 6. The molecule has 148 valence electrons. The predicted molar refractivity (Wildman–Crippen MR) is 98.9 cm³/mol. The number of halogens is 1. The van der Waals surface area contributed by atoms with E-state index in [-0.39, 0.29) is 41.9 Å².